The summed E-state index contributed by atoms with van der Waals surface area (Å²) >= 11 is 5.81. The normalized spacial score (nSPS) is 18.7. The fourth-order valence-corrected chi connectivity index (χ4v) is 2.53. The molecule has 1 unspecified atom stereocenters. The largest absolute Gasteiger partial charge is 0.334 e. The van der Waals surface area contributed by atoms with Gasteiger partial charge in [-0.2, -0.15) is 0 Å². The smallest absolute Gasteiger partial charge is 0.141 e. The first-order chi connectivity index (χ1) is 8.65. The summed E-state index contributed by atoms with van der Waals surface area (Å²) in [6.45, 7) is 0.887. The molecular weight excluding hydrogens is 253 g/mol. The average molecular weight is 266 g/mol. The van der Waals surface area contributed by atoms with Crippen molar-refractivity contribution in [2.45, 2.75) is 25.4 Å². The van der Waals surface area contributed by atoms with Crippen LogP contribution in [0.2, 0.25) is 5.02 Å². The molecule has 1 aromatic carbocycles. The number of nitrogens with zero attached hydrogens (tertiary/aromatic N) is 2. The molecule has 1 aliphatic heterocycles. The van der Waals surface area contributed by atoms with E-state index in [2.05, 4.69) is 9.55 Å². The number of halogens is 2. The third kappa shape index (κ3) is 1.91. The molecule has 0 radical (unpaired) electrons. The second-order valence-electron chi connectivity index (χ2n) is 4.62. The summed E-state index contributed by atoms with van der Waals surface area (Å²) in [6, 6.07) is 4.85. The van der Waals surface area contributed by atoms with Gasteiger partial charge in [0, 0.05) is 30.3 Å². The maximum atomic E-state index is 13.2. The lowest BCUT2D eigenvalue weighted by molar-refractivity contribution is 0.472. The quantitative estimate of drug-likeness (QED) is 0.861. The lowest BCUT2D eigenvalue weighted by atomic mass is 10.0. The number of nitrogens with two attached hydrogens (primary N) is 1. The fourth-order valence-electron chi connectivity index (χ4n) is 2.35. The molecule has 0 saturated carbocycles. The first-order valence-corrected chi connectivity index (χ1v) is 6.28. The highest BCUT2D eigenvalue weighted by atomic mass is 35.5. The van der Waals surface area contributed by atoms with E-state index < -0.39 is 5.82 Å². The Morgan fingerprint density at radius 1 is 1.44 bits per heavy atom. The first kappa shape index (κ1) is 11.7. The summed E-state index contributed by atoms with van der Waals surface area (Å²) in [5.41, 5.74) is 8.78. The Labute approximate surface area is 109 Å². The van der Waals surface area contributed by atoms with Gasteiger partial charge in [0.05, 0.1) is 17.0 Å². The van der Waals surface area contributed by atoms with Gasteiger partial charge in [-0.3, -0.25) is 0 Å². The zero-order valence-corrected chi connectivity index (χ0v) is 10.5. The number of imidazole rings is 1. The summed E-state index contributed by atoms with van der Waals surface area (Å²) in [5, 5.41) is 0.120. The van der Waals surface area contributed by atoms with Crippen LogP contribution in [-0.2, 0) is 13.0 Å². The number of benzene rings is 1. The highest BCUT2D eigenvalue weighted by Gasteiger charge is 2.20. The zero-order valence-electron chi connectivity index (χ0n) is 9.74. The molecule has 3 nitrogen and oxygen atoms in total. The van der Waals surface area contributed by atoms with Crippen LogP contribution in [0.1, 0.15) is 12.1 Å². The number of hydrogen-bond donors (Lipinski definition) is 1. The molecule has 2 N–H and O–H groups in total. The minimum Gasteiger partial charge on any atom is -0.334 e. The lowest BCUT2D eigenvalue weighted by Crippen LogP contribution is -2.30. The van der Waals surface area contributed by atoms with Gasteiger partial charge < -0.3 is 10.3 Å². The number of fused-ring (bicyclic) bond motifs is 1. The van der Waals surface area contributed by atoms with Crippen LogP contribution in [0.15, 0.2) is 24.5 Å². The van der Waals surface area contributed by atoms with E-state index in [4.69, 9.17) is 17.3 Å². The third-order valence-corrected chi connectivity index (χ3v) is 3.63. The Morgan fingerprint density at radius 3 is 3.06 bits per heavy atom. The molecule has 0 fully saturated rings. The van der Waals surface area contributed by atoms with Crippen LogP contribution in [-0.4, -0.2) is 15.6 Å². The van der Waals surface area contributed by atoms with Gasteiger partial charge in [-0.25, -0.2) is 9.37 Å². The molecule has 0 spiro atoms. The van der Waals surface area contributed by atoms with E-state index in [1.165, 1.54) is 6.07 Å². The molecular formula is C13H13ClFN3. The molecule has 1 aliphatic rings. The molecule has 0 aliphatic carbocycles. The molecule has 18 heavy (non-hydrogen) atoms. The van der Waals surface area contributed by atoms with Crippen molar-refractivity contribution in [2.24, 2.45) is 5.73 Å². The van der Waals surface area contributed by atoms with Crippen LogP contribution >= 0.6 is 11.6 Å². The lowest BCUT2D eigenvalue weighted by Gasteiger charge is -2.21. The highest BCUT2D eigenvalue weighted by molar-refractivity contribution is 6.31. The molecule has 1 atom stereocenters. The SMILES string of the molecule is NC1CCn2cnc(-c3ccc(F)c(Cl)c3)c2C1. The molecule has 2 aromatic rings. The Hall–Kier alpha value is -1.39. The number of aryl methyl sites for hydroxylation is 1. The molecule has 0 bridgehead atoms. The molecule has 2 heterocycles. The predicted molar refractivity (Wildman–Crippen MR) is 68.9 cm³/mol. The van der Waals surface area contributed by atoms with Crippen LogP contribution < -0.4 is 5.73 Å². The Bertz CT molecular complexity index is 594. The van der Waals surface area contributed by atoms with Crippen LogP contribution in [0.3, 0.4) is 0 Å². The summed E-state index contributed by atoms with van der Waals surface area (Å²) in [4.78, 5) is 4.40. The standard InChI is InChI=1S/C13H13ClFN3/c14-10-5-8(1-2-11(10)15)13-12-6-9(16)3-4-18(12)7-17-13/h1-2,5,7,9H,3-4,6,16H2. The van der Waals surface area contributed by atoms with Gasteiger partial charge >= 0.3 is 0 Å². The minimum absolute atomic E-state index is 0.120. The van der Waals surface area contributed by atoms with Crippen molar-refractivity contribution in [3.63, 3.8) is 0 Å². The molecule has 3 rings (SSSR count). The minimum atomic E-state index is -0.412. The maximum absolute atomic E-state index is 13.2. The molecule has 0 saturated heterocycles. The van der Waals surface area contributed by atoms with E-state index in [-0.39, 0.29) is 11.1 Å². The third-order valence-electron chi connectivity index (χ3n) is 3.34. The Balaban J connectivity index is 2.07. The number of rotatable bonds is 1. The monoisotopic (exact) mass is 265 g/mol. The van der Waals surface area contributed by atoms with Crippen LogP contribution in [0.5, 0.6) is 0 Å². The van der Waals surface area contributed by atoms with Crippen molar-refractivity contribution in [3.05, 3.63) is 41.1 Å². The number of aromatic nitrogens is 2. The zero-order chi connectivity index (χ0) is 12.7. The van der Waals surface area contributed by atoms with Gasteiger partial charge in [-0.1, -0.05) is 11.6 Å². The summed E-state index contributed by atoms with van der Waals surface area (Å²) < 4.78 is 15.3. The van der Waals surface area contributed by atoms with Crippen LogP contribution in [0, 0.1) is 5.82 Å². The van der Waals surface area contributed by atoms with Gasteiger partial charge in [-0.05, 0) is 24.6 Å². The predicted octanol–water partition coefficient (Wildman–Crippen LogP) is 2.62. The second kappa shape index (κ2) is 4.37. The van der Waals surface area contributed by atoms with Crippen molar-refractivity contribution in [1.82, 2.24) is 9.55 Å². The van der Waals surface area contributed by atoms with Crippen molar-refractivity contribution in [3.8, 4) is 11.3 Å². The number of hydrogen-bond acceptors (Lipinski definition) is 2. The van der Waals surface area contributed by atoms with Gasteiger partial charge in [-0.15, -0.1) is 0 Å². The summed E-state index contributed by atoms with van der Waals surface area (Å²) in [5.74, 6) is -0.412. The highest BCUT2D eigenvalue weighted by Crippen LogP contribution is 2.29. The van der Waals surface area contributed by atoms with Crippen molar-refractivity contribution in [2.75, 3.05) is 0 Å². The molecule has 5 heteroatoms. The Morgan fingerprint density at radius 2 is 2.28 bits per heavy atom. The van der Waals surface area contributed by atoms with E-state index in [0.717, 1.165) is 36.3 Å². The van der Waals surface area contributed by atoms with Gasteiger partial charge in [0.25, 0.3) is 0 Å². The average Bonchev–Trinajstić information content (AvgIpc) is 2.75. The van der Waals surface area contributed by atoms with E-state index in [0.29, 0.717) is 0 Å². The van der Waals surface area contributed by atoms with Crippen molar-refractivity contribution >= 4 is 11.6 Å². The van der Waals surface area contributed by atoms with E-state index >= 15 is 0 Å². The van der Waals surface area contributed by atoms with Gasteiger partial charge in [0.2, 0.25) is 0 Å². The first-order valence-electron chi connectivity index (χ1n) is 5.90. The van der Waals surface area contributed by atoms with Gasteiger partial charge in [0.15, 0.2) is 0 Å². The topological polar surface area (TPSA) is 43.8 Å². The second-order valence-corrected chi connectivity index (χ2v) is 5.02. The summed E-state index contributed by atoms with van der Waals surface area (Å²) in [7, 11) is 0. The van der Waals surface area contributed by atoms with E-state index in [1.807, 2.05) is 6.33 Å². The van der Waals surface area contributed by atoms with Crippen molar-refractivity contribution in [1.29, 1.82) is 0 Å². The van der Waals surface area contributed by atoms with Crippen LogP contribution in [0.4, 0.5) is 4.39 Å². The van der Waals surface area contributed by atoms with Crippen LogP contribution in [0.25, 0.3) is 11.3 Å². The van der Waals surface area contributed by atoms with E-state index in [1.54, 1.807) is 12.1 Å². The summed E-state index contributed by atoms with van der Waals surface area (Å²) in [6.07, 6.45) is 3.57. The fraction of sp³-hybridized carbons (Fsp3) is 0.308. The van der Waals surface area contributed by atoms with E-state index in [9.17, 15) is 4.39 Å². The Kier molecular flexibility index (Phi) is 2.84. The van der Waals surface area contributed by atoms with Crippen molar-refractivity contribution < 1.29 is 4.39 Å². The molecule has 0 amide bonds. The molecule has 94 valence electrons. The maximum Gasteiger partial charge on any atom is 0.141 e. The molecule has 1 aromatic heterocycles. The van der Waals surface area contributed by atoms with Gasteiger partial charge in [0.1, 0.15) is 5.82 Å².